The van der Waals surface area contributed by atoms with Crippen LogP contribution in [0.3, 0.4) is 0 Å². The molecule has 3 amide bonds. The zero-order valence-corrected chi connectivity index (χ0v) is 17.9. The molecule has 152 valence electrons. The highest BCUT2D eigenvalue weighted by Crippen LogP contribution is 2.44. The highest BCUT2D eigenvalue weighted by molar-refractivity contribution is 8.00. The van der Waals surface area contributed by atoms with Gasteiger partial charge < -0.3 is 15.1 Å². The number of hydrogen-bond acceptors (Lipinski definition) is 3. The first kappa shape index (κ1) is 20.1. The lowest BCUT2D eigenvalue weighted by atomic mass is 10.00. The zero-order valence-electron chi connectivity index (χ0n) is 16.4. The van der Waals surface area contributed by atoms with Gasteiger partial charge in [0.15, 0.2) is 0 Å². The molecule has 4 rings (SSSR count). The maximum atomic E-state index is 13.2. The molecule has 2 aliphatic rings. The summed E-state index contributed by atoms with van der Waals surface area (Å²) in [6.45, 7) is 4.00. The van der Waals surface area contributed by atoms with Crippen LogP contribution in [0.15, 0.2) is 48.5 Å². The first-order valence-corrected chi connectivity index (χ1v) is 11.2. The Hall–Kier alpha value is -2.18. The number of anilines is 1. The van der Waals surface area contributed by atoms with Crippen molar-refractivity contribution in [3.05, 3.63) is 64.7 Å². The Bertz CT molecular complexity index is 911. The third-order valence-corrected chi connectivity index (χ3v) is 7.53. The molecule has 0 aliphatic carbocycles. The average molecular weight is 430 g/mol. The Morgan fingerprint density at radius 3 is 2.41 bits per heavy atom. The lowest BCUT2D eigenvalue weighted by Gasteiger charge is -2.44. The fourth-order valence-electron chi connectivity index (χ4n) is 4.06. The second-order valence-corrected chi connectivity index (χ2v) is 9.38. The predicted molar refractivity (Wildman–Crippen MR) is 119 cm³/mol. The minimum atomic E-state index is -0.212. The Labute approximate surface area is 180 Å². The van der Waals surface area contributed by atoms with Crippen LogP contribution in [0, 0.1) is 6.92 Å². The van der Waals surface area contributed by atoms with Crippen LogP contribution >= 0.6 is 23.4 Å². The van der Waals surface area contributed by atoms with E-state index in [2.05, 4.69) is 5.32 Å². The molecule has 0 radical (unpaired) electrons. The maximum Gasteiger partial charge on any atom is 0.321 e. The fourth-order valence-corrected chi connectivity index (χ4v) is 5.64. The summed E-state index contributed by atoms with van der Waals surface area (Å²) in [5.74, 6) is 1.04. The number of carbonyl (C=O) groups excluding carboxylic acids is 2. The lowest BCUT2D eigenvalue weighted by Crippen LogP contribution is -2.54. The highest BCUT2D eigenvalue weighted by atomic mass is 35.5. The number of piperidine rings is 1. The van der Waals surface area contributed by atoms with E-state index in [1.165, 1.54) is 0 Å². The summed E-state index contributed by atoms with van der Waals surface area (Å²) in [7, 11) is 0. The molecule has 0 unspecified atom stereocenters. The number of thioether (sulfide) groups is 1. The van der Waals surface area contributed by atoms with Gasteiger partial charge >= 0.3 is 6.03 Å². The van der Waals surface area contributed by atoms with Crippen molar-refractivity contribution in [3.8, 4) is 0 Å². The predicted octanol–water partition coefficient (Wildman–Crippen LogP) is 4.86. The number of urea groups is 1. The number of likely N-dealkylation sites (tertiary alicyclic amines) is 1. The van der Waals surface area contributed by atoms with Gasteiger partial charge in [-0.15, -0.1) is 11.8 Å². The van der Waals surface area contributed by atoms with E-state index in [4.69, 9.17) is 11.6 Å². The van der Waals surface area contributed by atoms with E-state index in [1.807, 2.05) is 52.8 Å². The first-order valence-electron chi connectivity index (χ1n) is 9.82. The van der Waals surface area contributed by atoms with Crippen molar-refractivity contribution in [2.24, 2.45) is 0 Å². The topological polar surface area (TPSA) is 52.7 Å². The summed E-state index contributed by atoms with van der Waals surface area (Å²) in [5.41, 5.74) is 2.51. The van der Waals surface area contributed by atoms with Gasteiger partial charge in [-0.3, -0.25) is 4.79 Å². The van der Waals surface area contributed by atoms with Crippen LogP contribution < -0.4 is 5.32 Å². The standard InChI is InChI=1S/C22H24ClN3O2S/c1-16-4-2-3-5-19(16)20(27)26-14-15-29-22(26)10-12-25(13-11-22)21(28)24-18-8-6-17(23)7-9-18/h2-9H,10-15H2,1H3,(H,24,28). The van der Waals surface area contributed by atoms with Gasteiger partial charge in [-0.2, -0.15) is 0 Å². The molecule has 5 nitrogen and oxygen atoms in total. The van der Waals surface area contributed by atoms with Crippen molar-refractivity contribution < 1.29 is 9.59 Å². The molecule has 1 spiro atoms. The van der Waals surface area contributed by atoms with Gasteiger partial charge in [0, 0.05) is 41.7 Å². The molecule has 2 aromatic rings. The number of benzene rings is 2. The molecule has 2 fully saturated rings. The minimum Gasteiger partial charge on any atom is -0.324 e. The quantitative estimate of drug-likeness (QED) is 0.741. The van der Waals surface area contributed by atoms with Crippen LogP contribution in [-0.4, -0.2) is 52.0 Å². The summed E-state index contributed by atoms with van der Waals surface area (Å²) in [6, 6.07) is 14.7. The monoisotopic (exact) mass is 429 g/mol. The smallest absolute Gasteiger partial charge is 0.321 e. The Kier molecular flexibility index (Phi) is 5.74. The van der Waals surface area contributed by atoms with Crippen molar-refractivity contribution in [3.63, 3.8) is 0 Å². The summed E-state index contributed by atoms with van der Waals surface area (Å²) >= 11 is 7.76. The number of nitrogens with zero attached hydrogens (tertiary/aromatic N) is 2. The van der Waals surface area contributed by atoms with Gasteiger partial charge in [0.2, 0.25) is 0 Å². The van der Waals surface area contributed by atoms with Crippen molar-refractivity contribution in [1.29, 1.82) is 0 Å². The second kappa shape index (κ2) is 8.28. The van der Waals surface area contributed by atoms with Gasteiger partial charge in [-0.1, -0.05) is 29.8 Å². The van der Waals surface area contributed by atoms with E-state index in [9.17, 15) is 9.59 Å². The van der Waals surface area contributed by atoms with E-state index in [-0.39, 0.29) is 16.8 Å². The summed E-state index contributed by atoms with van der Waals surface area (Å²) in [4.78, 5) is 29.5. The van der Waals surface area contributed by atoms with Crippen LogP contribution in [0.1, 0.15) is 28.8 Å². The molecule has 0 aromatic heterocycles. The Balaban J connectivity index is 1.42. The van der Waals surface area contributed by atoms with Gasteiger partial charge in [0.1, 0.15) is 0 Å². The molecule has 2 saturated heterocycles. The molecule has 0 atom stereocenters. The van der Waals surface area contributed by atoms with Gasteiger partial charge in [-0.25, -0.2) is 4.79 Å². The largest absolute Gasteiger partial charge is 0.324 e. The third-order valence-electron chi connectivity index (χ3n) is 5.73. The van der Waals surface area contributed by atoms with E-state index in [0.29, 0.717) is 18.1 Å². The van der Waals surface area contributed by atoms with Crippen molar-refractivity contribution in [2.75, 3.05) is 30.7 Å². The SMILES string of the molecule is Cc1ccccc1C(=O)N1CCSC12CCN(C(=O)Nc1ccc(Cl)cc1)CC2. The van der Waals surface area contributed by atoms with Gasteiger partial charge in [-0.05, 0) is 55.7 Å². The second-order valence-electron chi connectivity index (χ2n) is 7.49. The number of hydrogen-bond donors (Lipinski definition) is 1. The molecule has 2 aromatic carbocycles. The number of nitrogens with one attached hydrogen (secondary N) is 1. The number of carbonyl (C=O) groups is 2. The van der Waals surface area contributed by atoms with Gasteiger partial charge in [0.05, 0.1) is 4.87 Å². The maximum absolute atomic E-state index is 13.2. The van der Waals surface area contributed by atoms with E-state index in [1.54, 1.807) is 24.3 Å². The summed E-state index contributed by atoms with van der Waals surface area (Å²) in [6.07, 6.45) is 1.56. The highest BCUT2D eigenvalue weighted by Gasteiger charge is 2.47. The fraction of sp³-hybridized carbons (Fsp3) is 0.364. The van der Waals surface area contributed by atoms with E-state index in [0.717, 1.165) is 42.0 Å². The molecule has 29 heavy (non-hydrogen) atoms. The van der Waals surface area contributed by atoms with Crippen LogP contribution in [0.5, 0.6) is 0 Å². The molecular weight excluding hydrogens is 406 g/mol. The molecule has 1 N–H and O–H groups in total. The Morgan fingerprint density at radius 2 is 1.72 bits per heavy atom. The lowest BCUT2D eigenvalue weighted by molar-refractivity contribution is 0.0585. The van der Waals surface area contributed by atoms with Crippen LogP contribution in [0.25, 0.3) is 0 Å². The van der Waals surface area contributed by atoms with E-state index < -0.39 is 0 Å². The van der Waals surface area contributed by atoms with Crippen LogP contribution in [-0.2, 0) is 0 Å². The zero-order chi connectivity index (χ0) is 20.4. The molecule has 0 bridgehead atoms. The molecule has 2 aliphatic heterocycles. The minimum absolute atomic E-state index is 0.104. The summed E-state index contributed by atoms with van der Waals surface area (Å²) < 4.78 is 0. The number of aryl methyl sites for hydroxylation is 1. The Morgan fingerprint density at radius 1 is 1.03 bits per heavy atom. The van der Waals surface area contributed by atoms with Gasteiger partial charge in [0.25, 0.3) is 5.91 Å². The molecule has 0 saturated carbocycles. The van der Waals surface area contributed by atoms with Crippen molar-refractivity contribution in [1.82, 2.24) is 9.80 Å². The molecule has 2 heterocycles. The third kappa shape index (κ3) is 4.09. The summed E-state index contributed by atoms with van der Waals surface area (Å²) in [5, 5.41) is 3.56. The van der Waals surface area contributed by atoms with Crippen LogP contribution in [0.4, 0.5) is 10.5 Å². The number of amides is 3. The number of rotatable bonds is 2. The van der Waals surface area contributed by atoms with Crippen molar-refractivity contribution in [2.45, 2.75) is 24.6 Å². The number of halogens is 1. The normalized spacial score (nSPS) is 18.1. The first-order chi connectivity index (χ1) is 14.0. The van der Waals surface area contributed by atoms with Crippen LogP contribution in [0.2, 0.25) is 5.02 Å². The van der Waals surface area contributed by atoms with E-state index >= 15 is 0 Å². The average Bonchev–Trinajstić information content (AvgIpc) is 3.13. The molecule has 7 heteroatoms. The van der Waals surface area contributed by atoms with Crippen molar-refractivity contribution >= 4 is 41.0 Å². The molecular formula is C22H24ClN3O2S.